The molecule has 0 spiro atoms. The second-order valence-electron chi connectivity index (χ2n) is 8.77. The van der Waals surface area contributed by atoms with Gasteiger partial charge in [-0.1, -0.05) is 26.2 Å². The maximum Gasteiger partial charge on any atom is 0.237 e. The van der Waals surface area contributed by atoms with Gasteiger partial charge in [0, 0.05) is 19.1 Å². The molecule has 0 aromatic carbocycles. The maximum atomic E-state index is 12.6. The number of piperidine rings is 1. The first kappa shape index (κ1) is 19.2. The zero-order valence-corrected chi connectivity index (χ0v) is 16.3. The van der Waals surface area contributed by atoms with Gasteiger partial charge in [-0.15, -0.1) is 0 Å². The molecule has 25 heavy (non-hydrogen) atoms. The smallest absolute Gasteiger partial charge is 0.237 e. The van der Waals surface area contributed by atoms with E-state index in [-0.39, 0.29) is 11.9 Å². The van der Waals surface area contributed by atoms with E-state index in [1.165, 1.54) is 44.9 Å². The molecule has 1 saturated heterocycles. The van der Waals surface area contributed by atoms with Gasteiger partial charge in [-0.3, -0.25) is 9.69 Å². The maximum absolute atomic E-state index is 12.6. The standard InChI is InChI=1S/C21H38N2O2/c1-16-8-10-18(11-9-16)22-21(24)17(2)23-14-12-20(13-15-23)25-19-6-4-3-5-7-19/h16-20H,3-15H2,1-2H3,(H,22,24). The van der Waals surface area contributed by atoms with Crippen LogP contribution in [0, 0.1) is 5.92 Å². The quantitative estimate of drug-likeness (QED) is 0.818. The first-order chi connectivity index (χ1) is 12.1. The highest BCUT2D eigenvalue weighted by Crippen LogP contribution is 2.26. The number of carbonyl (C=O) groups is 1. The fraction of sp³-hybridized carbons (Fsp3) is 0.952. The number of nitrogens with one attached hydrogen (secondary N) is 1. The Labute approximate surface area is 154 Å². The van der Waals surface area contributed by atoms with Crippen LogP contribution in [0.4, 0.5) is 0 Å². The summed E-state index contributed by atoms with van der Waals surface area (Å²) in [5.74, 6) is 1.06. The van der Waals surface area contributed by atoms with Crippen LogP contribution in [0.2, 0.25) is 0 Å². The van der Waals surface area contributed by atoms with Crippen molar-refractivity contribution in [3.8, 4) is 0 Å². The van der Waals surface area contributed by atoms with Crippen molar-refractivity contribution < 1.29 is 9.53 Å². The fourth-order valence-electron chi connectivity index (χ4n) is 4.76. The molecule has 0 bridgehead atoms. The van der Waals surface area contributed by atoms with E-state index in [1.54, 1.807) is 0 Å². The number of likely N-dealkylation sites (tertiary alicyclic amines) is 1. The first-order valence-electron chi connectivity index (χ1n) is 10.8. The zero-order chi connectivity index (χ0) is 17.6. The zero-order valence-electron chi connectivity index (χ0n) is 16.3. The lowest BCUT2D eigenvalue weighted by Crippen LogP contribution is -2.51. The third-order valence-corrected chi connectivity index (χ3v) is 6.70. The van der Waals surface area contributed by atoms with E-state index in [1.807, 2.05) is 0 Å². The van der Waals surface area contributed by atoms with Gasteiger partial charge in [-0.2, -0.15) is 0 Å². The van der Waals surface area contributed by atoms with Gasteiger partial charge in [0.25, 0.3) is 0 Å². The van der Waals surface area contributed by atoms with Crippen molar-refractivity contribution in [1.82, 2.24) is 10.2 Å². The van der Waals surface area contributed by atoms with Crippen molar-refractivity contribution in [2.75, 3.05) is 13.1 Å². The fourth-order valence-corrected chi connectivity index (χ4v) is 4.76. The number of rotatable bonds is 5. The number of nitrogens with zero attached hydrogens (tertiary/aromatic N) is 1. The molecule has 3 rings (SSSR count). The van der Waals surface area contributed by atoms with Gasteiger partial charge in [-0.25, -0.2) is 0 Å². The van der Waals surface area contributed by atoms with E-state index in [0.29, 0.717) is 18.2 Å². The molecule has 1 aliphatic heterocycles. The molecule has 0 aromatic rings. The van der Waals surface area contributed by atoms with Crippen LogP contribution in [0.3, 0.4) is 0 Å². The molecular weight excluding hydrogens is 312 g/mol. The predicted molar refractivity (Wildman–Crippen MR) is 102 cm³/mol. The molecule has 1 atom stereocenters. The molecule has 4 heteroatoms. The van der Waals surface area contributed by atoms with E-state index >= 15 is 0 Å². The molecule has 1 heterocycles. The Hall–Kier alpha value is -0.610. The van der Waals surface area contributed by atoms with Gasteiger partial charge >= 0.3 is 0 Å². The second-order valence-corrected chi connectivity index (χ2v) is 8.77. The monoisotopic (exact) mass is 350 g/mol. The summed E-state index contributed by atoms with van der Waals surface area (Å²) in [5.41, 5.74) is 0. The molecule has 1 unspecified atom stereocenters. The van der Waals surface area contributed by atoms with Crippen LogP contribution in [0.15, 0.2) is 0 Å². The van der Waals surface area contributed by atoms with Crippen molar-refractivity contribution in [1.29, 1.82) is 0 Å². The summed E-state index contributed by atoms with van der Waals surface area (Å²) < 4.78 is 6.33. The molecule has 0 aromatic heterocycles. The Morgan fingerprint density at radius 2 is 1.52 bits per heavy atom. The Morgan fingerprint density at radius 1 is 0.920 bits per heavy atom. The van der Waals surface area contributed by atoms with Crippen LogP contribution in [-0.2, 0) is 9.53 Å². The first-order valence-corrected chi connectivity index (χ1v) is 10.8. The summed E-state index contributed by atoms with van der Waals surface area (Å²) in [4.78, 5) is 15.0. The van der Waals surface area contributed by atoms with Crippen molar-refractivity contribution in [2.45, 2.75) is 109 Å². The van der Waals surface area contributed by atoms with Crippen LogP contribution in [0.25, 0.3) is 0 Å². The molecule has 1 N–H and O–H groups in total. The summed E-state index contributed by atoms with van der Waals surface area (Å²) >= 11 is 0. The molecular formula is C21H38N2O2. The second kappa shape index (κ2) is 9.36. The highest BCUT2D eigenvalue weighted by Gasteiger charge is 2.30. The minimum atomic E-state index is -0.00465. The summed E-state index contributed by atoms with van der Waals surface area (Å²) in [7, 11) is 0. The molecule has 1 amide bonds. The van der Waals surface area contributed by atoms with Crippen molar-refractivity contribution in [3.63, 3.8) is 0 Å². The normalized spacial score (nSPS) is 31.6. The van der Waals surface area contributed by atoms with E-state index in [0.717, 1.165) is 44.7 Å². The number of ether oxygens (including phenoxy) is 1. The number of hydrogen-bond acceptors (Lipinski definition) is 3. The Morgan fingerprint density at radius 3 is 2.16 bits per heavy atom. The van der Waals surface area contributed by atoms with E-state index in [4.69, 9.17) is 4.74 Å². The number of carbonyl (C=O) groups excluding carboxylic acids is 1. The van der Waals surface area contributed by atoms with Gasteiger partial charge in [0.05, 0.1) is 18.2 Å². The van der Waals surface area contributed by atoms with Crippen LogP contribution >= 0.6 is 0 Å². The SMILES string of the molecule is CC1CCC(NC(=O)C(C)N2CCC(OC3CCCCC3)CC2)CC1. The van der Waals surface area contributed by atoms with Gasteiger partial charge in [0.2, 0.25) is 5.91 Å². The highest BCUT2D eigenvalue weighted by atomic mass is 16.5. The Balaban J connectivity index is 1.37. The van der Waals surface area contributed by atoms with Crippen LogP contribution in [0.5, 0.6) is 0 Å². The van der Waals surface area contributed by atoms with Crippen molar-refractivity contribution >= 4 is 5.91 Å². The largest absolute Gasteiger partial charge is 0.375 e. The van der Waals surface area contributed by atoms with Crippen LogP contribution in [-0.4, -0.2) is 48.2 Å². The Bertz CT molecular complexity index is 406. The number of hydrogen-bond donors (Lipinski definition) is 1. The average Bonchev–Trinajstić information content (AvgIpc) is 2.64. The summed E-state index contributed by atoms with van der Waals surface area (Å²) in [6, 6.07) is 0.397. The Kier molecular flexibility index (Phi) is 7.18. The lowest BCUT2D eigenvalue weighted by Gasteiger charge is -2.38. The van der Waals surface area contributed by atoms with Gasteiger partial charge in [0.1, 0.15) is 0 Å². The summed E-state index contributed by atoms with van der Waals surface area (Å²) in [6.07, 6.45) is 14.4. The van der Waals surface area contributed by atoms with Gasteiger partial charge < -0.3 is 10.1 Å². The molecule has 3 aliphatic rings. The third-order valence-electron chi connectivity index (χ3n) is 6.70. The lowest BCUT2D eigenvalue weighted by molar-refractivity contribution is -0.128. The molecule has 2 aliphatic carbocycles. The third kappa shape index (κ3) is 5.68. The average molecular weight is 351 g/mol. The van der Waals surface area contributed by atoms with Gasteiger partial charge in [-0.05, 0) is 64.2 Å². The predicted octanol–water partition coefficient (Wildman–Crippen LogP) is 3.88. The van der Waals surface area contributed by atoms with E-state index in [9.17, 15) is 4.79 Å². The highest BCUT2D eigenvalue weighted by molar-refractivity contribution is 5.81. The minimum Gasteiger partial charge on any atom is -0.375 e. The van der Waals surface area contributed by atoms with Crippen LogP contribution in [0.1, 0.15) is 84.5 Å². The lowest BCUT2D eigenvalue weighted by atomic mass is 9.87. The molecule has 144 valence electrons. The van der Waals surface area contributed by atoms with E-state index in [2.05, 4.69) is 24.1 Å². The summed E-state index contributed by atoms with van der Waals surface area (Å²) in [5, 5.41) is 3.30. The van der Waals surface area contributed by atoms with Crippen molar-refractivity contribution in [3.05, 3.63) is 0 Å². The molecule has 0 radical (unpaired) electrons. The van der Waals surface area contributed by atoms with Gasteiger partial charge in [0.15, 0.2) is 0 Å². The molecule has 3 fully saturated rings. The molecule has 2 saturated carbocycles. The van der Waals surface area contributed by atoms with E-state index < -0.39 is 0 Å². The summed E-state index contributed by atoms with van der Waals surface area (Å²) in [6.45, 7) is 6.38. The van der Waals surface area contributed by atoms with Crippen molar-refractivity contribution in [2.24, 2.45) is 5.92 Å². The topological polar surface area (TPSA) is 41.6 Å². The minimum absolute atomic E-state index is 0.00465. The molecule has 4 nitrogen and oxygen atoms in total. The number of amides is 1. The van der Waals surface area contributed by atoms with Crippen LogP contribution < -0.4 is 5.32 Å².